The van der Waals surface area contributed by atoms with Crippen molar-refractivity contribution >= 4 is 12.0 Å². The van der Waals surface area contributed by atoms with Crippen molar-refractivity contribution in [3.05, 3.63) is 41.7 Å². The summed E-state index contributed by atoms with van der Waals surface area (Å²) < 4.78 is 13.3. The van der Waals surface area contributed by atoms with E-state index in [-0.39, 0.29) is 11.7 Å². The number of carbonyl (C=O) groups excluding carboxylic acids is 1. The maximum atomic E-state index is 13.3. The van der Waals surface area contributed by atoms with Crippen LogP contribution in [-0.4, -0.2) is 37.0 Å². The Morgan fingerprint density at radius 2 is 2.05 bits per heavy atom. The van der Waals surface area contributed by atoms with Crippen molar-refractivity contribution in [1.29, 1.82) is 0 Å². The Kier molecular flexibility index (Phi) is 5.10. The Morgan fingerprint density at radius 3 is 2.79 bits per heavy atom. The average molecular weight is 262 g/mol. The van der Waals surface area contributed by atoms with Crippen LogP contribution in [0.5, 0.6) is 0 Å². The first-order valence-corrected chi connectivity index (χ1v) is 6.68. The van der Waals surface area contributed by atoms with Gasteiger partial charge in [-0.2, -0.15) is 0 Å². The van der Waals surface area contributed by atoms with Crippen LogP contribution in [0.1, 0.15) is 18.4 Å². The van der Waals surface area contributed by atoms with E-state index in [1.807, 2.05) is 0 Å². The number of benzene rings is 1. The monoisotopic (exact) mass is 262 g/mol. The van der Waals surface area contributed by atoms with Gasteiger partial charge in [-0.3, -0.25) is 4.79 Å². The lowest BCUT2D eigenvalue weighted by molar-refractivity contribution is -0.116. The molecule has 1 amide bonds. The van der Waals surface area contributed by atoms with Crippen LogP contribution >= 0.6 is 0 Å². The van der Waals surface area contributed by atoms with Crippen LogP contribution in [0.3, 0.4) is 0 Å². The van der Waals surface area contributed by atoms with Gasteiger partial charge >= 0.3 is 0 Å². The molecule has 0 aromatic heterocycles. The summed E-state index contributed by atoms with van der Waals surface area (Å²) in [5.74, 6) is -0.494. The molecule has 1 aliphatic heterocycles. The third-order valence-electron chi connectivity index (χ3n) is 3.25. The summed E-state index contributed by atoms with van der Waals surface area (Å²) in [7, 11) is 0. The molecule has 1 fully saturated rings. The van der Waals surface area contributed by atoms with Crippen LogP contribution < -0.4 is 5.32 Å². The SMILES string of the molecule is O=C(C=Cc1ccccc1F)NCCN1CCCC1. The highest BCUT2D eigenvalue weighted by Crippen LogP contribution is 2.08. The van der Waals surface area contributed by atoms with Gasteiger partial charge in [-0.05, 0) is 38.1 Å². The second-order valence-corrected chi connectivity index (χ2v) is 4.69. The molecule has 0 spiro atoms. The van der Waals surface area contributed by atoms with Gasteiger partial charge in [-0.15, -0.1) is 0 Å². The van der Waals surface area contributed by atoms with Crippen molar-refractivity contribution in [2.24, 2.45) is 0 Å². The molecule has 0 atom stereocenters. The molecular weight excluding hydrogens is 243 g/mol. The van der Waals surface area contributed by atoms with Gasteiger partial charge in [0.2, 0.25) is 5.91 Å². The Balaban J connectivity index is 1.73. The number of likely N-dealkylation sites (tertiary alicyclic amines) is 1. The number of nitrogens with zero attached hydrogens (tertiary/aromatic N) is 1. The largest absolute Gasteiger partial charge is 0.351 e. The van der Waals surface area contributed by atoms with Gasteiger partial charge in [0.05, 0.1) is 0 Å². The molecule has 0 radical (unpaired) electrons. The van der Waals surface area contributed by atoms with Crippen molar-refractivity contribution in [3.8, 4) is 0 Å². The van der Waals surface area contributed by atoms with E-state index in [0.29, 0.717) is 12.1 Å². The van der Waals surface area contributed by atoms with Crippen molar-refractivity contribution in [1.82, 2.24) is 10.2 Å². The molecule has 3 nitrogen and oxygen atoms in total. The second kappa shape index (κ2) is 7.04. The lowest BCUT2D eigenvalue weighted by Gasteiger charge is -2.13. The van der Waals surface area contributed by atoms with E-state index in [1.54, 1.807) is 18.2 Å². The molecule has 102 valence electrons. The quantitative estimate of drug-likeness (QED) is 0.824. The second-order valence-electron chi connectivity index (χ2n) is 4.69. The molecule has 19 heavy (non-hydrogen) atoms. The van der Waals surface area contributed by atoms with E-state index in [2.05, 4.69) is 10.2 Å². The molecule has 4 heteroatoms. The van der Waals surface area contributed by atoms with Gasteiger partial charge < -0.3 is 10.2 Å². The molecule has 1 aliphatic rings. The van der Waals surface area contributed by atoms with Gasteiger partial charge in [-0.25, -0.2) is 4.39 Å². The minimum absolute atomic E-state index is 0.178. The standard InChI is InChI=1S/C15H19FN2O/c16-14-6-2-1-5-13(14)7-8-15(19)17-9-12-18-10-3-4-11-18/h1-2,5-8H,3-4,9-12H2,(H,17,19). The fourth-order valence-corrected chi connectivity index (χ4v) is 2.18. The summed E-state index contributed by atoms with van der Waals surface area (Å²) >= 11 is 0. The third kappa shape index (κ3) is 4.48. The van der Waals surface area contributed by atoms with E-state index in [1.165, 1.54) is 31.1 Å². The highest BCUT2D eigenvalue weighted by molar-refractivity contribution is 5.91. The number of hydrogen-bond donors (Lipinski definition) is 1. The Labute approximate surface area is 113 Å². The molecule has 0 unspecified atom stereocenters. The lowest BCUT2D eigenvalue weighted by atomic mass is 10.2. The molecule has 0 aliphatic carbocycles. The van der Waals surface area contributed by atoms with Crippen molar-refractivity contribution in [3.63, 3.8) is 0 Å². The first-order chi connectivity index (χ1) is 9.25. The fraction of sp³-hybridized carbons (Fsp3) is 0.400. The third-order valence-corrected chi connectivity index (χ3v) is 3.25. The summed E-state index contributed by atoms with van der Waals surface area (Å²) in [6, 6.07) is 6.39. The maximum absolute atomic E-state index is 13.3. The molecule has 1 saturated heterocycles. The van der Waals surface area contributed by atoms with E-state index >= 15 is 0 Å². The van der Waals surface area contributed by atoms with Gasteiger partial charge in [0.25, 0.3) is 0 Å². The number of rotatable bonds is 5. The zero-order valence-electron chi connectivity index (χ0n) is 10.9. The molecule has 1 N–H and O–H groups in total. The smallest absolute Gasteiger partial charge is 0.244 e. The van der Waals surface area contributed by atoms with Crippen LogP contribution in [0.25, 0.3) is 6.08 Å². The summed E-state index contributed by atoms with van der Waals surface area (Å²) in [5, 5.41) is 2.81. The predicted octanol–water partition coefficient (Wildman–Crippen LogP) is 2.05. The normalized spacial score (nSPS) is 16.1. The lowest BCUT2D eigenvalue weighted by Crippen LogP contribution is -2.32. The topological polar surface area (TPSA) is 32.3 Å². The van der Waals surface area contributed by atoms with Crippen LogP contribution in [0.2, 0.25) is 0 Å². The number of amides is 1. The summed E-state index contributed by atoms with van der Waals surface area (Å²) in [4.78, 5) is 13.9. The van der Waals surface area contributed by atoms with Gasteiger partial charge in [0, 0.05) is 24.7 Å². The maximum Gasteiger partial charge on any atom is 0.244 e. The minimum atomic E-state index is -0.316. The predicted molar refractivity (Wildman–Crippen MR) is 74.1 cm³/mol. The Bertz CT molecular complexity index is 453. The van der Waals surface area contributed by atoms with Gasteiger partial charge in [0.15, 0.2) is 0 Å². The summed E-state index contributed by atoms with van der Waals surface area (Å²) in [5.41, 5.74) is 0.428. The first kappa shape index (κ1) is 13.7. The highest BCUT2D eigenvalue weighted by Gasteiger charge is 2.10. The van der Waals surface area contributed by atoms with Gasteiger partial charge in [-0.1, -0.05) is 18.2 Å². The van der Waals surface area contributed by atoms with E-state index in [0.717, 1.165) is 19.6 Å². The molecular formula is C15H19FN2O. The zero-order valence-corrected chi connectivity index (χ0v) is 10.9. The van der Waals surface area contributed by atoms with Crippen LogP contribution in [0, 0.1) is 5.82 Å². The Hall–Kier alpha value is -1.68. The molecule has 0 bridgehead atoms. The molecule has 2 rings (SSSR count). The number of halogens is 1. The van der Waals surface area contributed by atoms with E-state index in [4.69, 9.17) is 0 Å². The number of hydrogen-bond acceptors (Lipinski definition) is 2. The number of nitrogens with one attached hydrogen (secondary N) is 1. The minimum Gasteiger partial charge on any atom is -0.351 e. The zero-order chi connectivity index (χ0) is 13.5. The number of carbonyl (C=O) groups is 1. The molecule has 1 heterocycles. The molecule has 1 aromatic rings. The van der Waals surface area contributed by atoms with E-state index < -0.39 is 0 Å². The fourth-order valence-electron chi connectivity index (χ4n) is 2.18. The highest BCUT2D eigenvalue weighted by atomic mass is 19.1. The van der Waals surface area contributed by atoms with Gasteiger partial charge in [0.1, 0.15) is 5.82 Å². The summed E-state index contributed by atoms with van der Waals surface area (Å²) in [6.07, 6.45) is 5.38. The Morgan fingerprint density at radius 1 is 1.32 bits per heavy atom. The average Bonchev–Trinajstić information content (AvgIpc) is 2.91. The molecule has 1 aromatic carbocycles. The van der Waals surface area contributed by atoms with Crippen molar-refractivity contribution in [2.45, 2.75) is 12.8 Å². The van der Waals surface area contributed by atoms with E-state index in [9.17, 15) is 9.18 Å². The molecule has 0 saturated carbocycles. The first-order valence-electron chi connectivity index (χ1n) is 6.68. The van der Waals surface area contributed by atoms with Crippen molar-refractivity contribution in [2.75, 3.05) is 26.2 Å². The van der Waals surface area contributed by atoms with Crippen LogP contribution in [0.15, 0.2) is 30.3 Å². The van der Waals surface area contributed by atoms with Crippen LogP contribution in [0.4, 0.5) is 4.39 Å². The summed E-state index contributed by atoms with van der Waals surface area (Å²) in [6.45, 7) is 3.78. The van der Waals surface area contributed by atoms with Crippen molar-refractivity contribution < 1.29 is 9.18 Å². The van der Waals surface area contributed by atoms with Crippen LogP contribution in [-0.2, 0) is 4.79 Å².